The molecule has 3 rings (SSSR count). The van der Waals surface area contributed by atoms with Crippen molar-refractivity contribution >= 4 is 0 Å². The van der Waals surface area contributed by atoms with Gasteiger partial charge in [0.25, 0.3) is 0 Å². The predicted molar refractivity (Wildman–Crippen MR) is 77.2 cm³/mol. The summed E-state index contributed by atoms with van der Waals surface area (Å²) in [6.07, 6.45) is 3.46. The van der Waals surface area contributed by atoms with Crippen LogP contribution in [0.1, 0.15) is 17.7 Å². The summed E-state index contributed by atoms with van der Waals surface area (Å²) in [7, 11) is 0. The van der Waals surface area contributed by atoms with Gasteiger partial charge < -0.3 is 4.42 Å². The molecule has 0 aliphatic carbocycles. The molecule has 0 aliphatic rings. The average Bonchev–Trinajstić information content (AvgIpc) is 3.16. The van der Waals surface area contributed by atoms with Gasteiger partial charge in [0.05, 0.1) is 6.26 Å². The highest BCUT2D eigenvalue weighted by atomic mass is 16.3. The van der Waals surface area contributed by atoms with Crippen molar-refractivity contribution in [3.05, 3.63) is 60.0 Å². The van der Waals surface area contributed by atoms with Crippen molar-refractivity contribution in [2.45, 2.75) is 19.4 Å². The smallest absolute Gasteiger partial charge is 0.193 e. The number of aromatic nitrogens is 3. The van der Waals surface area contributed by atoms with Crippen LogP contribution in [0.25, 0.3) is 11.5 Å². The molecule has 0 aliphatic heterocycles. The van der Waals surface area contributed by atoms with Gasteiger partial charge in [0, 0.05) is 6.54 Å². The summed E-state index contributed by atoms with van der Waals surface area (Å²) in [4.78, 5) is 0. The van der Waals surface area contributed by atoms with Crippen molar-refractivity contribution in [3.8, 4) is 17.5 Å². The number of nitriles is 1. The van der Waals surface area contributed by atoms with E-state index >= 15 is 0 Å². The van der Waals surface area contributed by atoms with Crippen LogP contribution in [0, 0.1) is 11.3 Å². The lowest BCUT2D eigenvalue weighted by atomic mass is 10.1. The number of rotatable bonds is 5. The van der Waals surface area contributed by atoms with Gasteiger partial charge in [-0.2, -0.15) is 5.26 Å². The average molecular weight is 278 g/mol. The first-order valence-corrected chi connectivity index (χ1v) is 6.80. The molecule has 104 valence electrons. The number of nitrogens with zero attached hydrogens (tertiary/aromatic N) is 4. The fraction of sp³-hybridized carbons (Fsp3) is 0.188. The lowest BCUT2D eigenvalue weighted by Crippen LogP contribution is -2.04. The Labute approximate surface area is 122 Å². The molecule has 5 heteroatoms. The van der Waals surface area contributed by atoms with Gasteiger partial charge in [-0.15, -0.1) is 5.10 Å². The van der Waals surface area contributed by atoms with E-state index in [1.165, 1.54) is 5.56 Å². The van der Waals surface area contributed by atoms with Gasteiger partial charge >= 0.3 is 0 Å². The number of hydrogen-bond acceptors (Lipinski definition) is 4. The van der Waals surface area contributed by atoms with Crippen LogP contribution in [-0.2, 0) is 13.0 Å². The van der Waals surface area contributed by atoms with Crippen molar-refractivity contribution in [3.63, 3.8) is 0 Å². The predicted octanol–water partition coefficient (Wildman–Crippen LogP) is 3.04. The molecule has 0 atom stereocenters. The summed E-state index contributed by atoms with van der Waals surface area (Å²) in [6.45, 7) is 0.694. The topological polar surface area (TPSA) is 67.6 Å². The Bertz CT molecular complexity index is 738. The molecule has 21 heavy (non-hydrogen) atoms. The molecule has 0 saturated heterocycles. The Hall–Kier alpha value is -2.87. The Kier molecular flexibility index (Phi) is 3.79. The normalized spacial score (nSPS) is 10.4. The highest BCUT2D eigenvalue weighted by Crippen LogP contribution is 2.22. The van der Waals surface area contributed by atoms with Crippen LogP contribution >= 0.6 is 0 Å². The first-order chi connectivity index (χ1) is 10.4. The molecular weight excluding hydrogens is 264 g/mol. The first-order valence-electron chi connectivity index (χ1n) is 6.80. The first kappa shape index (κ1) is 13.1. The standard InChI is InChI=1S/C16H14N4O/c17-12-14-16(15-9-5-11-21-15)20(19-18-14)10-4-8-13-6-2-1-3-7-13/h1-3,5-7,9,11H,4,8,10H2. The summed E-state index contributed by atoms with van der Waals surface area (Å²) in [5.41, 5.74) is 2.23. The zero-order chi connectivity index (χ0) is 14.5. The van der Waals surface area contributed by atoms with Crippen LogP contribution in [0.2, 0.25) is 0 Å². The summed E-state index contributed by atoms with van der Waals surface area (Å²) < 4.78 is 7.11. The maximum absolute atomic E-state index is 9.13. The molecule has 0 radical (unpaired) electrons. The zero-order valence-electron chi connectivity index (χ0n) is 11.4. The minimum absolute atomic E-state index is 0.296. The quantitative estimate of drug-likeness (QED) is 0.719. The summed E-state index contributed by atoms with van der Waals surface area (Å²) in [5, 5.41) is 17.1. The van der Waals surface area contributed by atoms with Crippen LogP contribution < -0.4 is 0 Å². The molecule has 0 N–H and O–H groups in total. The summed E-state index contributed by atoms with van der Waals surface area (Å²) >= 11 is 0. The van der Waals surface area contributed by atoms with Crippen molar-refractivity contribution < 1.29 is 4.42 Å². The molecule has 0 amide bonds. The minimum Gasteiger partial charge on any atom is -0.463 e. The van der Waals surface area contributed by atoms with Gasteiger partial charge in [0.2, 0.25) is 0 Å². The zero-order valence-corrected chi connectivity index (χ0v) is 11.4. The third kappa shape index (κ3) is 2.84. The maximum atomic E-state index is 9.13. The molecule has 5 nitrogen and oxygen atoms in total. The highest BCUT2D eigenvalue weighted by molar-refractivity contribution is 5.58. The molecule has 1 aromatic carbocycles. The van der Waals surface area contributed by atoms with Crippen LogP contribution in [0.3, 0.4) is 0 Å². The van der Waals surface area contributed by atoms with Gasteiger partial charge in [-0.05, 0) is 30.5 Å². The summed E-state index contributed by atoms with van der Waals surface area (Å²) in [6, 6.07) is 16.0. The largest absolute Gasteiger partial charge is 0.463 e. The number of benzene rings is 1. The van der Waals surface area contributed by atoms with E-state index in [9.17, 15) is 0 Å². The fourth-order valence-electron chi connectivity index (χ4n) is 2.28. The van der Waals surface area contributed by atoms with Crippen LogP contribution in [0.5, 0.6) is 0 Å². The van der Waals surface area contributed by atoms with Crippen molar-refractivity contribution in [1.29, 1.82) is 5.26 Å². The second-order valence-electron chi connectivity index (χ2n) is 4.69. The van der Waals surface area contributed by atoms with Crippen molar-refractivity contribution in [1.82, 2.24) is 15.0 Å². The molecule has 3 aromatic rings. The number of aryl methyl sites for hydroxylation is 2. The second-order valence-corrected chi connectivity index (χ2v) is 4.69. The maximum Gasteiger partial charge on any atom is 0.193 e. The van der Waals surface area contributed by atoms with E-state index in [4.69, 9.17) is 9.68 Å². The van der Waals surface area contributed by atoms with Gasteiger partial charge in [0.15, 0.2) is 11.5 Å². The van der Waals surface area contributed by atoms with Gasteiger partial charge in [-0.25, -0.2) is 4.68 Å². The monoisotopic (exact) mass is 278 g/mol. The molecule has 0 fully saturated rings. The Morgan fingerprint density at radius 2 is 2.00 bits per heavy atom. The van der Waals surface area contributed by atoms with E-state index in [1.54, 1.807) is 17.0 Å². The van der Waals surface area contributed by atoms with E-state index in [0.717, 1.165) is 12.8 Å². The Morgan fingerprint density at radius 1 is 1.14 bits per heavy atom. The number of furan rings is 1. The van der Waals surface area contributed by atoms with E-state index in [0.29, 0.717) is 23.7 Å². The molecule has 0 bridgehead atoms. The summed E-state index contributed by atoms with van der Waals surface area (Å²) in [5.74, 6) is 0.622. The third-order valence-electron chi connectivity index (χ3n) is 3.27. The second kappa shape index (κ2) is 6.06. The van der Waals surface area contributed by atoms with Gasteiger partial charge in [0.1, 0.15) is 11.8 Å². The van der Waals surface area contributed by atoms with Crippen LogP contribution in [-0.4, -0.2) is 15.0 Å². The SMILES string of the molecule is N#Cc1nnn(CCCc2ccccc2)c1-c1ccco1. The Balaban J connectivity index is 1.74. The molecule has 2 heterocycles. The third-order valence-corrected chi connectivity index (χ3v) is 3.27. The van der Waals surface area contributed by atoms with Crippen LogP contribution in [0.4, 0.5) is 0 Å². The Morgan fingerprint density at radius 3 is 2.71 bits per heavy atom. The van der Waals surface area contributed by atoms with E-state index in [2.05, 4.69) is 28.5 Å². The molecular formula is C16H14N4O. The van der Waals surface area contributed by atoms with Crippen LogP contribution in [0.15, 0.2) is 53.1 Å². The highest BCUT2D eigenvalue weighted by Gasteiger charge is 2.16. The van der Waals surface area contributed by atoms with Crippen molar-refractivity contribution in [2.24, 2.45) is 0 Å². The molecule has 2 aromatic heterocycles. The molecule has 0 saturated carbocycles. The van der Waals surface area contributed by atoms with Gasteiger partial charge in [-0.1, -0.05) is 35.5 Å². The lowest BCUT2D eigenvalue weighted by molar-refractivity contribution is 0.538. The van der Waals surface area contributed by atoms with E-state index in [-0.39, 0.29) is 0 Å². The lowest BCUT2D eigenvalue weighted by Gasteiger charge is -2.05. The van der Waals surface area contributed by atoms with E-state index < -0.39 is 0 Å². The fourth-order valence-corrected chi connectivity index (χ4v) is 2.28. The molecule has 0 unspecified atom stereocenters. The minimum atomic E-state index is 0.296. The van der Waals surface area contributed by atoms with Gasteiger partial charge in [-0.3, -0.25) is 0 Å². The number of hydrogen-bond donors (Lipinski definition) is 0. The van der Waals surface area contributed by atoms with Crippen molar-refractivity contribution in [2.75, 3.05) is 0 Å². The van der Waals surface area contributed by atoms with E-state index in [1.807, 2.05) is 24.3 Å². The molecule has 0 spiro atoms.